The van der Waals surface area contributed by atoms with E-state index in [9.17, 15) is 4.79 Å². The van der Waals surface area contributed by atoms with Crippen molar-refractivity contribution in [3.05, 3.63) is 52.5 Å². The first-order chi connectivity index (χ1) is 15.0. The number of nitrogens with one attached hydrogen (secondary N) is 1. The first-order valence-electron chi connectivity index (χ1n) is 10.5. The summed E-state index contributed by atoms with van der Waals surface area (Å²) in [7, 11) is 0. The average Bonchev–Trinajstić information content (AvgIpc) is 3.20. The summed E-state index contributed by atoms with van der Waals surface area (Å²) in [5, 5.41) is 5.66. The molecule has 0 atom stereocenters. The Balaban J connectivity index is 1.50. The number of carbonyl (C=O) groups excluding carboxylic acids is 1. The number of benzene rings is 2. The molecule has 1 aliphatic rings. The topological polar surface area (TPSA) is 60.8 Å². The molecule has 1 aromatic heterocycles. The third-order valence-corrected chi connectivity index (χ3v) is 6.58. The molecule has 0 aliphatic carbocycles. The van der Waals surface area contributed by atoms with Crippen molar-refractivity contribution in [1.82, 2.24) is 9.88 Å². The second kappa shape index (κ2) is 9.24. The zero-order valence-electron chi connectivity index (χ0n) is 18.0. The quantitative estimate of drug-likeness (QED) is 0.420. The molecule has 1 N–H and O–H groups in total. The molecule has 3 aromatic rings. The van der Waals surface area contributed by atoms with Crippen LogP contribution in [0.5, 0.6) is 0 Å². The molecule has 0 spiro atoms. The van der Waals surface area contributed by atoms with Crippen LogP contribution in [0.4, 0.5) is 10.8 Å². The molecule has 1 fully saturated rings. The van der Waals surface area contributed by atoms with Crippen molar-refractivity contribution in [3.8, 4) is 0 Å². The largest absolute Gasteiger partial charge is 0.365 e. The first kappa shape index (κ1) is 21.6. The second-order valence-electron chi connectivity index (χ2n) is 7.76. The van der Waals surface area contributed by atoms with Crippen LogP contribution in [-0.4, -0.2) is 47.7 Å². The summed E-state index contributed by atoms with van der Waals surface area (Å²) in [6.07, 6.45) is 0.970. The molecule has 0 unspecified atom stereocenters. The van der Waals surface area contributed by atoms with Crippen molar-refractivity contribution in [3.63, 3.8) is 0 Å². The summed E-state index contributed by atoms with van der Waals surface area (Å²) < 4.78 is 1.06. The van der Waals surface area contributed by atoms with Gasteiger partial charge in [-0.2, -0.15) is 5.10 Å². The molecule has 1 amide bonds. The summed E-state index contributed by atoms with van der Waals surface area (Å²) in [5.41, 5.74) is 7.73. The van der Waals surface area contributed by atoms with Gasteiger partial charge in [0.15, 0.2) is 0 Å². The second-order valence-corrected chi connectivity index (χ2v) is 9.20. The van der Waals surface area contributed by atoms with Gasteiger partial charge in [0, 0.05) is 37.5 Å². The number of amides is 1. The Morgan fingerprint density at radius 1 is 1.13 bits per heavy atom. The van der Waals surface area contributed by atoms with Gasteiger partial charge in [-0.25, -0.2) is 4.98 Å². The van der Waals surface area contributed by atoms with Gasteiger partial charge in [0.1, 0.15) is 5.52 Å². The number of halogens is 1. The lowest BCUT2D eigenvalue weighted by Gasteiger charge is -2.36. The lowest BCUT2D eigenvalue weighted by Crippen LogP contribution is -2.49. The van der Waals surface area contributed by atoms with E-state index < -0.39 is 0 Å². The van der Waals surface area contributed by atoms with E-state index in [1.807, 2.05) is 55.1 Å². The number of rotatable bonds is 5. The number of piperazine rings is 1. The maximum atomic E-state index is 12.9. The van der Waals surface area contributed by atoms with Crippen molar-refractivity contribution < 1.29 is 4.79 Å². The fraction of sp³-hybridized carbons (Fsp3) is 0.348. The van der Waals surface area contributed by atoms with Crippen LogP contribution in [0, 0.1) is 0 Å². The number of aromatic nitrogens is 1. The number of fused-ring (bicyclic) bond motifs is 1. The summed E-state index contributed by atoms with van der Waals surface area (Å²) in [5.74, 6) is 0.0829. The van der Waals surface area contributed by atoms with Crippen molar-refractivity contribution in [2.24, 2.45) is 5.10 Å². The molecule has 4 rings (SSSR count). The third-order valence-electron chi connectivity index (χ3n) is 5.35. The maximum Gasteiger partial charge on any atom is 0.253 e. The Morgan fingerprint density at radius 2 is 1.84 bits per heavy atom. The number of nitrogens with zero attached hydrogens (tertiary/aromatic N) is 4. The summed E-state index contributed by atoms with van der Waals surface area (Å²) in [6.45, 7) is 8.70. The molecule has 8 heteroatoms. The number of hydrazone groups is 1. The number of aryl methyl sites for hydroxylation is 1. The number of hydrogen-bond donors (Lipinski definition) is 1. The molecule has 1 saturated heterocycles. The lowest BCUT2D eigenvalue weighted by atomic mass is 10.1. The van der Waals surface area contributed by atoms with Crippen LogP contribution in [0.1, 0.15) is 36.7 Å². The van der Waals surface area contributed by atoms with Gasteiger partial charge in [0.05, 0.1) is 15.4 Å². The molecule has 31 heavy (non-hydrogen) atoms. The van der Waals surface area contributed by atoms with Gasteiger partial charge in [-0.15, -0.1) is 0 Å². The predicted molar refractivity (Wildman–Crippen MR) is 131 cm³/mol. The first-order valence-corrected chi connectivity index (χ1v) is 11.6. The van der Waals surface area contributed by atoms with Gasteiger partial charge in [0.2, 0.25) is 5.13 Å². The highest BCUT2D eigenvalue weighted by atomic mass is 35.5. The minimum absolute atomic E-state index is 0.0829. The smallest absolute Gasteiger partial charge is 0.253 e. The van der Waals surface area contributed by atoms with E-state index in [1.165, 1.54) is 5.56 Å². The fourth-order valence-electron chi connectivity index (χ4n) is 3.66. The minimum atomic E-state index is 0.0829. The zero-order chi connectivity index (χ0) is 22.0. The Hall–Kier alpha value is -2.64. The molecule has 0 bridgehead atoms. The average molecular weight is 456 g/mol. The van der Waals surface area contributed by atoms with Crippen molar-refractivity contribution in [1.29, 1.82) is 0 Å². The SMILES string of the molecule is CCc1ccc(C(=O)N2CCN(c3c(Cl)ccc4sc(NN=C(C)C)nc34)CC2)cc1. The van der Waals surface area contributed by atoms with Crippen molar-refractivity contribution in [2.75, 3.05) is 36.5 Å². The Kier molecular flexibility index (Phi) is 6.43. The van der Waals surface area contributed by atoms with Gasteiger partial charge in [-0.05, 0) is 50.1 Å². The van der Waals surface area contributed by atoms with Crippen LogP contribution in [0.25, 0.3) is 10.2 Å². The molecule has 2 heterocycles. The molecule has 0 saturated carbocycles. The number of hydrogen-bond acceptors (Lipinski definition) is 6. The van der Waals surface area contributed by atoms with E-state index >= 15 is 0 Å². The van der Waals surface area contributed by atoms with Crippen LogP contribution in [0.3, 0.4) is 0 Å². The van der Waals surface area contributed by atoms with Crippen LogP contribution >= 0.6 is 22.9 Å². The van der Waals surface area contributed by atoms with Gasteiger partial charge in [-0.1, -0.05) is 42.0 Å². The van der Waals surface area contributed by atoms with E-state index in [1.54, 1.807) is 11.3 Å². The summed E-state index contributed by atoms with van der Waals surface area (Å²) in [6, 6.07) is 11.8. The minimum Gasteiger partial charge on any atom is -0.365 e. The molecule has 2 aromatic carbocycles. The number of thiazole rings is 1. The third kappa shape index (κ3) is 4.67. The van der Waals surface area contributed by atoms with E-state index in [0.29, 0.717) is 31.2 Å². The highest BCUT2D eigenvalue weighted by Gasteiger charge is 2.25. The summed E-state index contributed by atoms with van der Waals surface area (Å²) >= 11 is 8.14. The molecular weight excluding hydrogens is 430 g/mol. The number of anilines is 2. The van der Waals surface area contributed by atoms with Gasteiger partial charge in [-0.3, -0.25) is 10.2 Å². The Bertz CT molecular complexity index is 1110. The number of carbonyl (C=O) groups is 1. The van der Waals surface area contributed by atoms with Crippen molar-refractivity contribution in [2.45, 2.75) is 27.2 Å². The van der Waals surface area contributed by atoms with E-state index in [0.717, 1.165) is 38.7 Å². The van der Waals surface area contributed by atoms with E-state index in [4.69, 9.17) is 16.6 Å². The van der Waals surface area contributed by atoms with Crippen LogP contribution < -0.4 is 10.3 Å². The Morgan fingerprint density at radius 3 is 2.48 bits per heavy atom. The molecule has 162 valence electrons. The zero-order valence-corrected chi connectivity index (χ0v) is 19.6. The predicted octanol–water partition coefficient (Wildman–Crippen LogP) is 5.28. The molecular formula is C23H26ClN5OS. The van der Waals surface area contributed by atoms with E-state index in [-0.39, 0.29) is 5.91 Å². The van der Waals surface area contributed by atoms with Crippen molar-refractivity contribution >= 4 is 55.6 Å². The van der Waals surface area contributed by atoms with E-state index in [2.05, 4.69) is 22.4 Å². The highest BCUT2D eigenvalue weighted by Crippen LogP contribution is 2.38. The van der Waals surface area contributed by atoms with Crippen LogP contribution in [0.2, 0.25) is 5.02 Å². The van der Waals surface area contributed by atoms with Crippen LogP contribution in [0.15, 0.2) is 41.5 Å². The lowest BCUT2D eigenvalue weighted by molar-refractivity contribution is 0.0747. The van der Waals surface area contributed by atoms with Gasteiger partial charge >= 0.3 is 0 Å². The maximum absolute atomic E-state index is 12.9. The molecule has 1 aliphatic heterocycles. The standard InChI is InChI=1S/C23H26ClN5OS/c1-4-16-5-7-17(8-6-16)22(30)29-13-11-28(12-14-29)21-18(24)9-10-19-20(21)25-23(31-19)27-26-15(2)3/h5-10H,4,11-14H2,1-3H3,(H,25,27). The molecule has 6 nitrogen and oxygen atoms in total. The molecule has 0 radical (unpaired) electrons. The monoisotopic (exact) mass is 455 g/mol. The Labute approximate surface area is 191 Å². The highest BCUT2D eigenvalue weighted by molar-refractivity contribution is 7.22. The van der Waals surface area contributed by atoms with Crippen LogP contribution in [-0.2, 0) is 6.42 Å². The summed E-state index contributed by atoms with van der Waals surface area (Å²) in [4.78, 5) is 21.8. The fourth-order valence-corrected chi connectivity index (χ4v) is 4.75. The normalized spacial score (nSPS) is 14.1. The van der Waals surface area contributed by atoms with Gasteiger partial charge < -0.3 is 9.80 Å². The van der Waals surface area contributed by atoms with Gasteiger partial charge in [0.25, 0.3) is 5.91 Å².